The Balaban J connectivity index is 1.40. The summed E-state index contributed by atoms with van der Waals surface area (Å²) in [4.78, 5) is 2.52. The van der Waals surface area contributed by atoms with Crippen LogP contribution in [0.25, 0.3) is 0 Å². The van der Waals surface area contributed by atoms with E-state index in [2.05, 4.69) is 27.5 Å². The SMILES string of the molecule is CN1CCCCC1CCSc1nnc(NC2CC2)s1. The van der Waals surface area contributed by atoms with Crippen molar-refractivity contribution in [3.8, 4) is 0 Å². The van der Waals surface area contributed by atoms with Gasteiger partial charge >= 0.3 is 0 Å². The van der Waals surface area contributed by atoms with Gasteiger partial charge in [0.1, 0.15) is 0 Å². The van der Waals surface area contributed by atoms with Crippen molar-refractivity contribution < 1.29 is 0 Å². The summed E-state index contributed by atoms with van der Waals surface area (Å²) in [7, 11) is 2.26. The van der Waals surface area contributed by atoms with Gasteiger partial charge in [-0.15, -0.1) is 10.2 Å². The van der Waals surface area contributed by atoms with E-state index in [4.69, 9.17) is 0 Å². The number of hydrogen-bond acceptors (Lipinski definition) is 6. The smallest absolute Gasteiger partial charge is 0.206 e. The molecule has 2 fully saturated rings. The topological polar surface area (TPSA) is 41.1 Å². The first kappa shape index (κ1) is 13.6. The van der Waals surface area contributed by atoms with Crippen molar-refractivity contribution in [1.82, 2.24) is 15.1 Å². The highest BCUT2D eigenvalue weighted by molar-refractivity contribution is 8.01. The summed E-state index contributed by atoms with van der Waals surface area (Å²) in [5.74, 6) is 1.16. The molecule has 2 aliphatic rings. The van der Waals surface area contributed by atoms with Gasteiger partial charge in [0.05, 0.1) is 0 Å². The second kappa shape index (κ2) is 6.41. The van der Waals surface area contributed by atoms with Gasteiger partial charge in [-0.1, -0.05) is 29.5 Å². The van der Waals surface area contributed by atoms with Crippen LogP contribution < -0.4 is 5.32 Å². The van der Waals surface area contributed by atoms with Crippen LogP contribution >= 0.6 is 23.1 Å². The highest BCUT2D eigenvalue weighted by Gasteiger charge is 2.22. The summed E-state index contributed by atoms with van der Waals surface area (Å²) in [5, 5.41) is 12.9. The van der Waals surface area contributed by atoms with Gasteiger partial charge in [-0.25, -0.2) is 0 Å². The Bertz CT molecular complexity index is 405. The third-order valence-electron chi connectivity index (χ3n) is 3.91. The monoisotopic (exact) mass is 298 g/mol. The van der Waals surface area contributed by atoms with E-state index in [1.165, 1.54) is 45.1 Å². The number of likely N-dealkylation sites (tertiary alicyclic amines) is 1. The van der Waals surface area contributed by atoms with Gasteiger partial charge in [-0.05, 0) is 45.7 Å². The molecule has 1 N–H and O–H groups in total. The zero-order valence-electron chi connectivity index (χ0n) is 11.5. The van der Waals surface area contributed by atoms with E-state index in [0.717, 1.165) is 21.3 Å². The Morgan fingerprint density at radius 3 is 3.00 bits per heavy atom. The first-order valence-electron chi connectivity index (χ1n) is 7.24. The van der Waals surface area contributed by atoms with Crippen LogP contribution in [-0.4, -0.2) is 46.5 Å². The molecule has 1 atom stereocenters. The molecule has 6 heteroatoms. The van der Waals surface area contributed by atoms with Gasteiger partial charge in [-0.3, -0.25) is 0 Å². The van der Waals surface area contributed by atoms with Crippen LogP contribution in [-0.2, 0) is 0 Å². The lowest BCUT2D eigenvalue weighted by Gasteiger charge is -2.32. The van der Waals surface area contributed by atoms with Crippen LogP contribution in [0.15, 0.2) is 4.34 Å². The lowest BCUT2D eigenvalue weighted by molar-refractivity contribution is 0.182. The van der Waals surface area contributed by atoms with E-state index in [0.29, 0.717) is 6.04 Å². The Hall–Kier alpha value is -0.330. The van der Waals surface area contributed by atoms with Crippen molar-refractivity contribution in [3.05, 3.63) is 0 Å². The molecule has 1 aliphatic carbocycles. The van der Waals surface area contributed by atoms with E-state index < -0.39 is 0 Å². The molecule has 1 saturated heterocycles. The molecule has 1 saturated carbocycles. The quantitative estimate of drug-likeness (QED) is 0.817. The fraction of sp³-hybridized carbons (Fsp3) is 0.846. The summed E-state index contributed by atoms with van der Waals surface area (Å²) < 4.78 is 1.11. The van der Waals surface area contributed by atoms with E-state index >= 15 is 0 Å². The van der Waals surface area contributed by atoms with Crippen molar-refractivity contribution in [2.75, 3.05) is 24.7 Å². The van der Waals surface area contributed by atoms with Crippen molar-refractivity contribution >= 4 is 28.2 Å². The Morgan fingerprint density at radius 2 is 2.21 bits per heavy atom. The lowest BCUT2D eigenvalue weighted by Crippen LogP contribution is -2.36. The normalized spacial score (nSPS) is 24.6. The molecule has 1 aliphatic heterocycles. The molecule has 0 spiro atoms. The third kappa shape index (κ3) is 4.07. The molecule has 3 rings (SSSR count). The minimum absolute atomic E-state index is 0.668. The predicted molar refractivity (Wildman–Crippen MR) is 82.2 cm³/mol. The van der Waals surface area contributed by atoms with E-state index in [-0.39, 0.29) is 0 Å². The molecule has 1 unspecified atom stereocenters. The molecule has 2 heterocycles. The van der Waals surface area contributed by atoms with Crippen molar-refractivity contribution in [2.45, 2.75) is 54.9 Å². The van der Waals surface area contributed by atoms with Crippen LogP contribution in [0.2, 0.25) is 0 Å². The molecule has 1 aromatic rings. The van der Waals surface area contributed by atoms with E-state index in [1.807, 2.05) is 11.8 Å². The van der Waals surface area contributed by atoms with E-state index in [9.17, 15) is 0 Å². The maximum atomic E-state index is 4.25. The van der Waals surface area contributed by atoms with Crippen LogP contribution in [0, 0.1) is 0 Å². The molecule has 4 nitrogen and oxygen atoms in total. The minimum Gasteiger partial charge on any atom is -0.357 e. The highest BCUT2D eigenvalue weighted by Crippen LogP contribution is 2.31. The summed E-state index contributed by atoms with van der Waals surface area (Å²) in [6.07, 6.45) is 7.97. The number of nitrogens with one attached hydrogen (secondary N) is 1. The van der Waals surface area contributed by atoms with Gasteiger partial charge in [0, 0.05) is 17.8 Å². The molecule has 19 heavy (non-hydrogen) atoms. The number of piperidine rings is 1. The number of nitrogens with zero attached hydrogens (tertiary/aromatic N) is 3. The Labute approximate surface area is 123 Å². The van der Waals surface area contributed by atoms with Gasteiger partial charge in [0.25, 0.3) is 0 Å². The molecule has 1 aromatic heterocycles. The Morgan fingerprint density at radius 1 is 1.32 bits per heavy atom. The van der Waals surface area contributed by atoms with Crippen LogP contribution in [0.1, 0.15) is 38.5 Å². The van der Waals surface area contributed by atoms with E-state index in [1.54, 1.807) is 11.3 Å². The zero-order valence-corrected chi connectivity index (χ0v) is 13.1. The number of anilines is 1. The first-order valence-corrected chi connectivity index (χ1v) is 9.04. The molecule has 0 radical (unpaired) electrons. The lowest BCUT2D eigenvalue weighted by atomic mass is 10.0. The van der Waals surface area contributed by atoms with Gasteiger partial charge < -0.3 is 10.2 Å². The highest BCUT2D eigenvalue weighted by atomic mass is 32.2. The van der Waals surface area contributed by atoms with Crippen LogP contribution in [0.3, 0.4) is 0 Å². The molecule has 0 bridgehead atoms. The molecular formula is C13H22N4S2. The fourth-order valence-corrected chi connectivity index (χ4v) is 4.46. The maximum Gasteiger partial charge on any atom is 0.206 e. The van der Waals surface area contributed by atoms with Gasteiger partial charge in [0.2, 0.25) is 5.13 Å². The number of thioether (sulfide) groups is 1. The average molecular weight is 298 g/mol. The minimum atomic E-state index is 0.668. The van der Waals surface area contributed by atoms with Crippen molar-refractivity contribution in [1.29, 1.82) is 0 Å². The fourth-order valence-electron chi connectivity index (χ4n) is 2.52. The average Bonchev–Trinajstić information content (AvgIpc) is 3.10. The van der Waals surface area contributed by atoms with Crippen molar-refractivity contribution in [2.24, 2.45) is 0 Å². The second-order valence-corrected chi connectivity index (χ2v) is 7.88. The molecule has 0 amide bonds. The summed E-state index contributed by atoms with van der Waals surface area (Å²) in [6, 6.07) is 1.44. The van der Waals surface area contributed by atoms with Crippen molar-refractivity contribution in [3.63, 3.8) is 0 Å². The molecular weight excluding hydrogens is 276 g/mol. The summed E-state index contributed by atoms with van der Waals surface area (Å²) in [5.41, 5.74) is 0. The van der Waals surface area contributed by atoms with Crippen LogP contribution in [0.4, 0.5) is 5.13 Å². The third-order valence-corrected chi connectivity index (χ3v) is 5.93. The summed E-state index contributed by atoms with van der Waals surface area (Å²) in [6.45, 7) is 1.27. The largest absolute Gasteiger partial charge is 0.357 e. The molecule has 0 aromatic carbocycles. The second-order valence-electron chi connectivity index (χ2n) is 5.56. The Kier molecular flexibility index (Phi) is 4.61. The maximum absolute atomic E-state index is 4.25. The number of rotatable bonds is 6. The first-order chi connectivity index (χ1) is 9.31. The zero-order chi connectivity index (χ0) is 13.1. The van der Waals surface area contributed by atoms with Gasteiger partial charge in [-0.2, -0.15) is 0 Å². The number of hydrogen-bond donors (Lipinski definition) is 1. The summed E-state index contributed by atoms with van der Waals surface area (Å²) >= 11 is 3.57. The van der Waals surface area contributed by atoms with Crippen LogP contribution in [0.5, 0.6) is 0 Å². The number of aromatic nitrogens is 2. The predicted octanol–water partition coefficient (Wildman–Crippen LogP) is 3.08. The standard InChI is InChI=1S/C13H22N4S2/c1-17-8-3-2-4-11(17)7-9-18-13-16-15-12(19-13)14-10-5-6-10/h10-11H,2-9H2,1H3,(H,14,15). The molecule has 106 valence electrons. The van der Waals surface area contributed by atoms with Gasteiger partial charge in [0.15, 0.2) is 4.34 Å².